The van der Waals surface area contributed by atoms with Crippen molar-refractivity contribution in [3.63, 3.8) is 0 Å². The van der Waals surface area contributed by atoms with E-state index in [-0.39, 0.29) is 11.0 Å². The number of hydrogen-bond donors (Lipinski definition) is 0. The summed E-state index contributed by atoms with van der Waals surface area (Å²) in [6.45, 7) is 4.30. The number of nitrogens with zero attached hydrogens (tertiary/aromatic N) is 2. The molecule has 0 radical (unpaired) electrons. The summed E-state index contributed by atoms with van der Waals surface area (Å²) in [6, 6.07) is 18.5. The molecule has 2 aromatic carbocycles. The molecule has 3 aromatic rings. The highest BCUT2D eigenvalue weighted by molar-refractivity contribution is 7.99. The molecule has 1 heterocycles. The first kappa shape index (κ1) is 18.7. The maximum atomic E-state index is 14.1. The van der Waals surface area contributed by atoms with Crippen LogP contribution in [0.4, 0.5) is 0 Å². The van der Waals surface area contributed by atoms with Gasteiger partial charge in [0, 0.05) is 16.2 Å². The van der Waals surface area contributed by atoms with Crippen LogP contribution < -0.4 is 5.56 Å². The highest BCUT2D eigenvalue weighted by Gasteiger charge is 2.44. The molecule has 0 N–H and O–H groups in total. The van der Waals surface area contributed by atoms with Crippen LogP contribution in [0.1, 0.15) is 50.7 Å². The Bertz CT molecular complexity index is 1110. The second-order valence-electron chi connectivity index (χ2n) is 8.58. The van der Waals surface area contributed by atoms with Crippen molar-refractivity contribution in [2.75, 3.05) is 0 Å². The van der Waals surface area contributed by atoms with Crippen molar-refractivity contribution in [2.24, 2.45) is 0 Å². The van der Waals surface area contributed by atoms with E-state index in [1.807, 2.05) is 34.9 Å². The lowest BCUT2D eigenvalue weighted by molar-refractivity contribution is 0.422. The summed E-state index contributed by atoms with van der Waals surface area (Å²) in [5.74, 6) is 0. The van der Waals surface area contributed by atoms with Gasteiger partial charge in [-0.15, -0.1) is 0 Å². The Hall–Kier alpha value is -2.33. The Labute approximate surface area is 176 Å². The van der Waals surface area contributed by atoms with E-state index in [4.69, 9.17) is 4.98 Å². The Kier molecular flexibility index (Phi) is 4.62. The Morgan fingerprint density at radius 1 is 1.00 bits per heavy atom. The van der Waals surface area contributed by atoms with Gasteiger partial charge in [-0.05, 0) is 37.0 Å². The molecule has 0 unspecified atom stereocenters. The van der Waals surface area contributed by atoms with Gasteiger partial charge in [-0.25, -0.2) is 4.98 Å². The maximum Gasteiger partial charge on any atom is 0.263 e. The molecule has 1 fully saturated rings. The lowest BCUT2D eigenvalue weighted by atomic mass is 9.68. The predicted molar refractivity (Wildman–Crippen MR) is 120 cm³/mol. The minimum atomic E-state index is -0.0642. The molecule has 5 rings (SSSR count). The Morgan fingerprint density at radius 2 is 1.69 bits per heavy atom. The number of benzene rings is 2. The SMILES string of the molecule is CC(C)Sc1nc2c(c(=O)n1-c1ccccc1)C1(CCCC1)Cc1ccccc1-2. The molecule has 0 bridgehead atoms. The third kappa shape index (κ3) is 3.05. The van der Waals surface area contributed by atoms with E-state index >= 15 is 0 Å². The van der Waals surface area contributed by atoms with E-state index in [9.17, 15) is 4.79 Å². The molecular formula is C25H26N2OS. The molecule has 29 heavy (non-hydrogen) atoms. The van der Waals surface area contributed by atoms with E-state index in [0.29, 0.717) is 5.25 Å². The van der Waals surface area contributed by atoms with Crippen molar-refractivity contribution in [1.82, 2.24) is 9.55 Å². The molecule has 1 spiro atoms. The number of hydrogen-bond acceptors (Lipinski definition) is 3. The molecule has 3 nitrogen and oxygen atoms in total. The van der Waals surface area contributed by atoms with E-state index in [1.54, 1.807) is 11.8 Å². The van der Waals surface area contributed by atoms with Crippen LogP contribution in [-0.2, 0) is 11.8 Å². The molecule has 1 saturated carbocycles. The zero-order chi connectivity index (χ0) is 20.0. The molecule has 0 aliphatic heterocycles. The normalized spacial score (nSPS) is 16.8. The molecule has 148 valence electrons. The van der Waals surface area contributed by atoms with E-state index < -0.39 is 0 Å². The molecule has 0 atom stereocenters. The van der Waals surface area contributed by atoms with Crippen LogP contribution in [0, 0.1) is 0 Å². The fraction of sp³-hybridized carbons (Fsp3) is 0.360. The van der Waals surface area contributed by atoms with E-state index in [2.05, 4.69) is 38.1 Å². The topological polar surface area (TPSA) is 34.9 Å². The van der Waals surface area contributed by atoms with Gasteiger partial charge in [-0.3, -0.25) is 9.36 Å². The minimum Gasteiger partial charge on any atom is -0.268 e. The van der Waals surface area contributed by atoms with Crippen LogP contribution in [0.3, 0.4) is 0 Å². The summed E-state index contributed by atoms with van der Waals surface area (Å²) in [5.41, 5.74) is 5.32. The van der Waals surface area contributed by atoms with E-state index in [0.717, 1.165) is 46.9 Å². The largest absolute Gasteiger partial charge is 0.268 e. The van der Waals surface area contributed by atoms with Gasteiger partial charge < -0.3 is 0 Å². The van der Waals surface area contributed by atoms with Crippen molar-refractivity contribution in [3.8, 4) is 16.9 Å². The van der Waals surface area contributed by atoms with Gasteiger partial charge in [0.1, 0.15) is 0 Å². The molecule has 0 saturated heterocycles. The van der Waals surface area contributed by atoms with Gasteiger partial charge in [-0.1, -0.05) is 80.9 Å². The zero-order valence-electron chi connectivity index (χ0n) is 17.0. The summed E-state index contributed by atoms with van der Waals surface area (Å²) in [4.78, 5) is 19.3. The van der Waals surface area contributed by atoms with Crippen LogP contribution >= 0.6 is 11.8 Å². The third-order valence-electron chi connectivity index (χ3n) is 6.30. The van der Waals surface area contributed by atoms with E-state index in [1.165, 1.54) is 18.4 Å². The first-order valence-electron chi connectivity index (χ1n) is 10.6. The monoisotopic (exact) mass is 402 g/mol. The Balaban J connectivity index is 1.86. The van der Waals surface area contributed by atoms with Gasteiger partial charge in [-0.2, -0.15) is 0 Å². The van der Waals surface area contributed by atoms with Crippen LogP contribution in [0.15, 0.2) is 64.5 Å². The highest BCUT2D eigenvalue weighted by Crippen LogP contribution is 2.50. The number of rotatable bonds is 3. The summed E-state index contributed by atoms with van der Waals surface area (Å²) >= 11 is 1.66. The summed E-state index contributed by atoms with van der Waals surface area (Å²) in [6.07, 6.45) is 5.50. The van der Waals surface area contributed by atoms with Crippen molar-refractivity contribution >= 4 is 11.8 Å². The summed E-state index contributed by atoms with van der Waals surface area (Å²) < 4.78 is 1.86. The quantitative estimate of drug-likeness (QED) is 0.412. The van der Waals surface area contributed by atoms with Gasteiger partial charge in [0.15, 0.2) is 5.16 Å². The smallest absolute Gasteiger partial charge is 0.263 e. The Morgan fingerprint density at radius 3 is 2.41 bits per heavy atom. The molecule has 1 aromatic heterocycles. The van der Waals surface area contributed by atoms with Crippen LogP contribution in [0.5, 0.6) is 0 Å². The summed E-state index contributed by atoms with van der Waals surface area (Å²) in [5, 5.41) is 1.13. The van der Waals surface area contributed by atoms with Gasteiger partial charge in [0.05, 0.1) is 16.9 Å². The van der Waals surface area contributed by atoms with Gasteiger partial charge >= 0.3 is 0 Å². The van der Waals surface area contributed by atoms with Crippen molar-refractivity contribution in [1.29, 1.82) is 0 Å². The second kappa shape index (κ2) is 7.17. The molecular weight excluding hydrogens is 376 g/mol. The number of para-hydroxylation sites is 1. The fourth-order valence-corrected chi connectivity index (χ4v) is 5.97. The number of fused-ring (bicyclic) bond motifs is 4. The highest BCUT2D eigenvalue weighted by atomic mass is 32.2. The number of aromatic nitrogens is 2. The average Bonchev–Trinajstić information content (AvgIpc) is 3.16. The molecule has 4 heteroatoms. The molecule has 2 aliphatic carbocycles. The van der Waals surface area contributed by atoms with Crippen LogP contribution in [0.2, 0.25) is 0 Å². The van der Waals surface area contributed by atoms with Gasteiger partial charge in [0.2, 0.25) is 0 Å². The first-order valence-corrected chi connectivity index (χ1v) is 11.4. The predicted octanol–water partition coefficient (Wildman–Crippen LogP) is 5.77. The maximum absolute atomic E-state index is 14.1. The third-order valence-corrected chi connectivity index (χ3v) is 7.26. The average molecular weight is 403 g/mol. The fourth-order valence-electron chi connectivity index (χ4n) is 5.11. The van der Waals surface area contributed by atoms with Crippen LogP contribution in [-0.4, -0.2) is 14.8 Å². The molecule has 0 amide bonds. The van der Waals surface area contributed by atoms with Crippen molar-refractivity contribution in [2.45, 2.75) is 61.8 Å². The van der Waals surface area contributed by atoms with Crippen molar-refractivity contribution < 1.29 is 0 Å². The lowest BCUT2D eigenvalue weighted by Gasteiger charge is -2.36. The second-order valence-corrected chi connectivity index (χ2v) is 10.1. The standard InChI is InChI=1S/C25H26N2OS/c1-17(2)29-24-26-22-20-13-7-6-10-18(20)16-25(14-8-9-15-25)21(22)23(28)27(24)19-11-4-3-5-12-19/h3-7,10-13,17H,8-9,14-16H2,1-2H3. The summed E-state index contributed by atoms with van der Waals surface area (Å²) in [7, 11) is 0. The number of thioether (sulfide) groups is 1. The zero-order valence-corrected chi connectivity index (χ0v) is 17.8. The van der Waals surface area contributed by atoms with Gasteiger partial charge in [0.25, 0.3) is 5.56 Å². The first-order chi connectivity index (χ1) is 14.1. The van der Waals surface area contributed by atoms with Crippen LogP contribution in [0.25, 0.3) is 16.9 Å². The molecule has 2 aliphatic rings. The van der Waals surface area contributed by atoms with Crippen molar-refractivity contribution in [3.05, 3.63) is 76.1 Å². The lowest BCUT2D eigenvalue weighted by Crippen LogP contribution is -2.40. The minimum absolute atomic E-state index is 0.0642.